The molecule has 0 spiro atoms. The lowest BCUT2D eigenvalue weighted by molar-refractivity contribution is -0.134. The fourth-order valence-corrected chi connectivity index (χ4v) is 4.35. The summed E-state index contributed by atoms with van der Waals surface area (Å²) in [5, 5.41) is 6.98. The third kappa shape index (κ3) is 6.25. The van der Waals surface area contributed by atoms with E-state index < -0.39 is 0 Å². The van der Waals surface area contributed by atoms with Crippen molar-refractivity contribution < 1.29 is 9.53 Å². The van der Waals surface area contributed by atoms with Crippen LogP contribution in [0.5, 0.6) is 5.75 Å². The van der Waals surface area contributed by atoms with Crippen molar-refractivity contribution in [3.05, 3.63) is 29.8 Å². The summed E-state index contributed by atoms with van der Waals surface area (Å²) in [6, 6.07) is 8.48. The molecule has 1 atom stereocenters. The van der Waals surface area contributed by atoms with Crippen molar-refractivity contribution in [3.63, 3.8) is 0 Å². The number of ether oxygens (including phenoxy) is 1. The van der Waals surface area contributed by atoms with E-state index in [1.54, 1.807) is 14.2 Å². The Balaban J connectivity index is 0.00000320. The number of rotatable bonds is 6. The number of hydrogen-bond donors (Lipinski definition) is 2. The highest BCUT2D eigenvalue weighted by Gasteiger charge is 2.32. The summed E-state index contributed by atoms with van der Waals surface area (Å²) in [6.07, 6.45) is 5.51. The van der Waals surface area contributed by atoms with Crippen LogP contribution in [0, 0.1) is 5.92 Å². The van der Waals surface area contributed by atoms with Crippen LogP contribution in [-0.2, 0) is 10.2 Å². The smallest absolute Gasteiger partial charge is 0.225 e. The number of nitrogens with zero attached hydrogens (tertiary/aromatic N) is 2. The number of halogens is 1. The maximum atomic E-state index is 12.7. The second-order valence-electron chi connectivity index (χ2n) is 8.93. The van der Waals surface area contributed by atoms with Crippen LogP contribution >= 0.6 is 24.0 Å². The van der Waals surface area contributed by atoms with Gasteiger partial charge in [-0.1, -0.05) is 38.8 Å². The third-order valence-electron chi connectivity index (χ3n) is 6.34. The van der Waals surface area contributed by atoms with Gasteiger partial charge in [0, 0.05) is 44.1 Å². The minimum atomic E-state index is -0.0515. The average molecular weight is 528 g/mol. The van der Waals surface area contributed by atoms with Crippen LogP contribution in [0.15, 0.2) is 29.3 Å². The zero-order chi connectivity index (χ0) is 20.9. The van der Waals surface area contributed by atoms with Crippen LogP contribution in [0.3, 0.4) is 0 Å². The Labute approximate surface area is 198 Å². The molecule has 1 unspecified atom stereocenters. The lowest BCUT2D eigenvalue weighted by atomic mass is 9.84. The molecule has 7 heteroatoms. The van der Waals surface area contributed by atoms with Gasteiger partial charge in [-0.25, -0.2) is 0 Å². The van der Waals surface area contributed by atoms with E-state index in [9.17, 15) is 4.79 Å². The molecule has 2 fully saturated rings. The van der Waals surface area contributed by atoms with Gasteiger partial charge in [-0.05, 0) is 37.0 Å². The molecule has 0 bridgehead atoms. The summed E-state index contributed by atoms with van der Waals surface area (Å²) in [5.74, 6) is 2.28. The number of likely N-dealkylation sites (tertiary alicyclic amines) is 1. The Morgan fingerprint density at radius 1 is 1.20 bits per heavy atom. The fourth-order valence-electron chi connectivity index (χ4n) is 4.35. The average Bonchev–Trinajstić information content (AvgIpc) is 3.43. The van der Waals surface area contributed by atoms with E-state index in [2.05, 4.69) is 41.6 Å². The van der Waals surface area contributed by atoms with E-state index in [1.165, 1.54) is 18.4 Å². The van der Waals surface area contributed by atoms with Gasteiger partial charge >= 0.3 is 0 Å². The number of carbonyl (C=O) groups excluding carboxylic acids is 1. The van der Waals surface area contributed by atoms with E-state index in [-0.39, 0.29) is 41.4 Å². The molecule has 2 aliphatic rings. The van der Waals surface area contributed by atoms with Gasteiger partial charge < -0.3 is 20.3 Å². The Kier molecular flexibility index (Phi) is 9.25. The number of aliphatic imine (C=N–C) groups is 1. The van der Waals surface area contributed by atoms with E-state index in [0.29, 0.717) is 5.91 Å². The fraction of sp³-hybridized carbons (Fsp3) is 0.652. The first kappa shape index (κ1) is 24.8. The number of methoxy groups -OCH3 is 1. The molecule has 1 aliphatic heterocycles. The molecule has 1 amide bonds. The molecule has 1 aromatic rings. The van der Waals surface area contributed by atoms with Gasteiger partial charge in [0.1, 0.15) is 5.75 Å². The maximum Gasteiger partial charge on any atom is 0.225 e. The number of guanidine groups is 1. The Bertz CT molecular complexity index is 714. The van der Waals surface area contributed by atoms with Gasteiger partial charge in [-0.15, -0.1) is 24.0 Å². The van der Waals surface area contributed by atoms with Crippen LogP contribution < -0.4 is 15.4 Å². The highest BCUT2D eigenvalue weighted by atomic mass is 127. The molecule has 6 nitrogen and oxygen atoms in total. The van der Waals surface area contributed by atoms with Crippen LogP contribution in [0.4, 0.5) is 0 Å². The summed E-state index contributed by atoms with van der Waals surface area (Å²) in [5.41, 5.74) is 1.19. The second kappa shape index (κ2) is 11.2. The highest BCUT2D eigenvalue weighted by molar-refractivity contribution is 14.0. The largest absolute Gasteiger partial charge is 0.497 e. The van der Waals surface area contributed by atoms with Crippen molar-refractivity contribution >= 4 is 35.8 Å². The van der Waals surface area contributed by atoms with E-state index in [1.807, 2.05) is 17.0 Å². The van der Waals surface area contributed by atoms with Crippen LogP contribution in [0.2, 0.25) is 0 Å². The van der Waals surface area contributed by atoms with Gasteiger partial charge in [0.15, 0.2) is 5.96 Å². The first-order chi connectivity index (χ1) is 13.9. The summed E-state index contributed by atoms with van der Waals surface area (Å²) in [7, 11) is 3.48. The first-order valence-electron chi connectivity index (χ1n) is 10.8. The van der Waals surface area contributed by atoms with Gasteiger partial charge in [0.25, 0.3) is 0 Å². The number of amides is 1. The molecule has 168 valence electrons. The van der Waals surface area contributed by atoms with Crippen molar-refractivity contribution in [3.8, 4) is 5.75 Å². The van der Waals surface area contributed by atoms with Crippen molar-refractivity contribution in [1.29, 1.82) is 0 Å². The number of nitrogens with one attached hydrogen (secondary N) is 2. The van der Waals surface area contributed by atoms with Crippen LogP contribution in [0.25, 0.3) is 0 Å². The van der Waals surface area contributed by atoms with Crippen molar-refractivity contribution in [2.24, 2.45) is 10.9 Å². The molecule has 3 rings (SSSR count). The Morgan fingerprint density at radius 2 is 1.87 bits per heavy atom. The molecular weight excluding hydrogens is 491 g/mol. The van der Waals surface area contributed by atoms with Gasteiger partial charge in [-0.3, -0.25) is 9.79 Å². The molecule has 1 saturated heterocycles. The molecular formula is C23H37IN4O2. The highest BCUT2D eigenvalue weighted by Crippen LogP contribution is 2.28. The predicted molar refractivity (Wildman–Crippen MR) is 133 cm³/mol. The molecule has 1 aromatic carbocycles. The zero-order valence-corrected chi connectivity index (χ0v) is 21.1. The Morgan fingerprint density at radius 3 is 2.47 bits per heavy atom. The summed E-state index contributed by atoms with van der Waals surface area (Å²) < 4.78 is 5.26. The quantitative estimate of drug-likeness (QED) is 0.337. The van der Waals surface area contributed by atoms with E-state index >= 15 is 0 Å². The molecule has 2 N–H and O–H groups in total. The maximum absolute atomic E-state index is 12.7. The van der Waals surface area contributed by atoms with Gasteiger partial charge in [0.2, 0.25) is 5.91 Å². The summed E-state index contributed by atoms with van der Waals surface area (Å²) in [6.45, 7) is 6.81. The normalized spacial score (nSPS) is 20.1. The molecule has 1 aliphatic carbocycles. The van der Waals surface area contributed by atoms with Crippen molar-refractivity contribution in [1.82, 2.24) is 15.5 Å². The van der Waals surface area contributed by atoms with E-state index in [0.717, 1.165) is 50.6 Å². The predicted octanol–water partition coefficient (Wildman–Crippen LogP) is 3.55. The number of hydrogen-bond acceptors (Lipinski definition) is 3. The molecule has 1 saturated carbocycles. The minimum absolute atomic E-state index is 0. The third-order valence-corrected chi connectivity index (χ3v) is 6.34. The lowest BCUT2D eigenvalue weighted by Crippen LogP contribution is -2.48. The van der Waals surface area contributed by atoms with Gasteiger partial charge in [-0.2, -0.15) is 0 Å². The Hall–Kier alpha value is -1.51. The molecule has 0 radical (unpaired) electrons. The second-order valence-corrected chi connectivity index (χ2v) is 8.93. The van der Waals surface area contributed by atoms with Crippen molar-refractivity contribution in [2.45, 2.75) is 57.4 Å². The van der Waals surface area contributed by atoms with Crippen LogP contribution in [-0.4, -0.2) is 56.6 Å². The number of benzene rings is 1. The minimum Gasteiger partial charge on any atom is -0.497 e. The van der Waals surface area contributed by atoms with E-state index in [4.69, 9.17) is 4.74 Å². The van der Waals surface area contributed by atoms with Gasteiger partial charge in [0.05, 0.1) is 7.11 Å². The molecule has 0 aromatic heterocycles. The standard InChI is InChI=1S/C23H36N4O2.HI/c1-23(2,18-9-11-20(29-4)12-10-18)16-25-22(24-3)26-19-13-14-27(15-19)21(28)17-7-5-6-8-17;/h9-12,17,19H,5-8,13-16H2,1-4H3,(H2,24,25,26);1H. The number of carbonyl (C=O) groups is 1. The lowest BCUT2D eigenvalue weighted by Gasteiger charge is -2.28. The summed E-state index contributed by atoms with van der Waals surface area (Å²) >= 11 is 0. The topological polar surface area (TPSA) is 66.0 Å². The SMILES string of the molecule is CN=C(NCC(C)(C)c1ccc(OC)cc1)NC1CCN(C(=O)C2CCCC2)C1.I. The van der Waals surface area contributed by atoms with Crippen LogP contribution in [0.1, 0.15) is 51.5 Å². The first-order valence-corrected chi connectivity index (χ1v) is 10.8. The molecule has 1 heterocycles. The molecule has 30 heavy (non-hydrogen) atoms. The zero-order valence-electron chi connectivity index (χ0n) is 18.7. The van der Waals surface area contributed by atoms with Crippen molar-refractivity contribution in [2.75, 3.05) is 33.8 Å². The monoisotopic (exact) mass is 528 g/mol. The summed E-state index contributed by atoms with van der Waals surface area (Å²) in [4.78, 5) is 19.1.